The summed E-state index contributed by atoms with van der Waals surface area (Å²) < 4.78 is 11.3. The van der Waals surface area contributed by atoms with Crippen molar-refractivity contribution in [3.05, 3.63) is 48.6 Å². The summed E-state index contributed by atoms with van der Waals surface area (Å²) in [5.74, 6) is -0.138. The average Bonchev–Trinajstić information content (AvgIpc) is 3.46. The Balaban J connectivity index is 2.00. The van der Waals surface area contributed by atoms with Crippen molar-refractivity contribution >= 4 is 5.91 Å². The molecule has 1 aliphatic rings. The molecule has 1 rings (SSSR count). The van der Waals surface area contributed by atoms with E-state index < -0.39 is 49.5 Å². The molecule has 0 saturated carbocycles. The van der Waals surface area contributed by atoms with Crippen molar-refractivity contribution in [3.63, 3.8) is 0 Å². The summed E-state index contributed by atoms with van der Waals surface area (Å²) in [6.45, 7) is 3.76. The maximum absolute atomic E-state index is 13.1. The zero-order valence-electron chi connectivity index (χ0n) is 51.9. The van der Waals surface area contributed by atoms with Crippen LogP contribution in [0.4, 0.5) is 0 Å². The predicted molar refractivity (Wildman–Crippen MR) is 336 cm³/mol. The average molecular weight is 1110 g/mol. The van der Waals surface area contributed by atoms with Crippen molar-refractivity contribution < 1.29 is 39.8 Å². The Morgan fingerprint density at radius 3 is 1.16 bits per heavy atom. The Bertz CT molecular complexity index is 1380. The lowest BCUT2D eigenvalue weighted by Crippen LogP contribution is -2.60. The van der Waals surface area contributed by atoms with Gasteiger partial charge in [0.1, 0.15) is 24.4 Å². The molecule has 7 unspecified atom stereocenters. The second-order valence-electron chi connectivity index (χ2n) is 23.9. The highest BCUT2D eigenvalue weighted by Gasteiger charge is 2.44. The molecule has 464 valence electrons. The van der Waals surface area contributed by atoms with Gasteiger partial charge >= 0.3 is 0 Å². The van der Waals surface area contributed by atoms with Gasteiger partial charge < -0.3 is 40.3 Å². The first kappa shape index (κ1) is 75.2. The van der Waals surface area contributed by atoms with Gasteiger partial charge in [0.25, 0.3) is 0 Å². The minimum Gasteiger partial charge on any atom is -0.394 e. The number of hydrogen-bond donors (Lipinski definition) is 6. The molecule has 0 aromatic carbocycles. The van der Waals surface area contributed by atoms with Gasteiger partial charge in [-0.05, 0) is 51.4 Å². The summed E-state index contributed by atoms with van der Waals surface area (Å²) in [4.78, 5) is 13.1. The van der Waals surface area contributed by atoms with Gasteiger partial charge in [-0.2, -0.15) is 0 Å². The van der Waals surface area contributed by atoms with Crippen LogP contribution in [0.2, 0.25) is 0 Å². The number of allylic oxidation sites excluding steroid dienone is 8. The maximum Gasteiger partial charge on any atom is 0.220 e. The fraction of sp³-hybridized carbons (Fsp3) is 0.871. The summed E-state index contributed by atoms with van der Waals surface area (Å²) in [5.41, 5.74) is 0. The van der Waals surface area contributed by atoms with Gasteiger partial charge in [0.05, 0.1) is 25.4 Å². The molecule has 9 nitrogen and oxygen atoms in total. The molecule has 0 aromatic heterocycles. The van der Waals surface area contributed by atoms with Crippen molar-refractivity contribution in [1.82, 2.24) is 5.32 Å². The summed E-state index contributed by atoms with van der Waals surface area (Å²) >= 11 is 0. The molecule has 6 N–H and O–H groups in total. The lowest BCUT2D eigenvalue weighted by atomic mass is 9.99. The fourth-order valence-electron chi connectivity index (χ4n) is 11.1. The Kier molecular flexibility index (Phi) is 56.4. The summed E-state index contributed by atoms with van der Waals surface area (Å²) in [6, 6.07) is -0.717. The van der Waals surface area contributed by atoms with E-state index in [4.69, 9.17) is 9.47 Å². The molecule has 1 fully saturated rings. The smallest absolute Gasteiger partial charge is 0.220 e. The van der Waals surface area contributed by atoms with E-state index in [-0.39, 0.29) is 12.5 Å². The molecule has 0 radical (unpaired) electrons. The topological polar surface area (TPSA) is 149 Å². The van der Waals surface area contributed by atoms with Crippen LogP contribution in [0.25, 0.3) is 0 Å². The number of nitrogens with one attached hydrogen (secondary N) is 1. The minimum absolute atomic E-state index is 0.133. The van der Waals surface area contributed by atoms with Gasteiger partial charge in [-0.15, -0.1) is 0 Å². The third kappa shape index (κ3) is 48.3. The Labute approximate surface area is 488 Å². The van der Waals surface area contributed by atoms with Crippen molar-refractivity contribution in [2.24, 2.45) is 0 Å². The number of aliphatic hydroxyl groups is 5. The van der Waals surface area contributed by atoms with E-state index in [2.05, 4.69) is 67.8 Å². The predicted octanol–water partition coefficient (Wildman–Crippen LogP) is 18.4. The van der Waals surface area contributed by atoms with Crippen molar-refractivity contribution in [3.8, 4) is 0 Å². The number of carbonyl (C=O) groups is 1. The highest BCUT2D eigenvalue weighted by atomic mass is 16.7. The Morgan fingerprint density at radius 1 is 0.443 bits per heavy atom. The second-order valence-corrected chi connectivity index (χ2v) is 23.9. The number of amides is 1. The zero-order chi connectivity index (χ0) is 57.2. The van der Waals surface area contributed by atoms with Gasteiger partial charge in [0, 0.05) is 6.42 Å². The normalized spacial score (nSPS) is 18.8. The molecule has 0 aromatic rings. The van der Waals surface area contributed by atoms with Crippen molar-refractivity contribution in [2.75, 3.05) is 13.2 Å². The molecule has 1 amide bonds. The molecule has 1 saturated heterocycles. The molecule has 1 aliphatic heterocycles. The molecule has 79 heavy (non-hydrogen) atoms. The van der Waals surface area contributed by atoms with Gasteiger partial charge in [0.15, 0.2) is 6.29 Å². The highest BCUT2D eigenvalue weighted by Crippen LogP contribution is 2.24. The van der Waals surface area contributed by atoms with E-state index in [1.807, 2.05) is 0 Å². The third-order valence-electron chi connectivity index (χ3n) is 16.4. The van der Waals surface area contributed by atoms with Crippen LogP contribution in [0.5, 0.6) is 0 Å². The highest BCUT2D eigenvalue weighted by molar-refractivity contribution is 5.76. The number of unbranched alkanes of at least 4 members (excludes halogenated alkanes) is 42. The molecular weight excluding hydrogens is 983 g/mol. The van der Waals surface area contributed by atoms with E-state index in [1.165, 1.54) is 244 Å². The van der Waals surface area contributed by atoms with Crippen LogP contribution in [-0.4, -0.2) is 87.5 Å². The van der Waals surface area contributed by atoms with Crippen LogP contribution in [0.1, 0.15) is 335 Å². The van der Waals surface area contributed by atoms with Crippen LogP contribution in [0, 0.1) is 0 Å². The third-order valence-corrected chi connectivity index (χ3v) is 16.4. The minimum atomic E-state index is -1.55. The molecule has 1 heterocycles. The molecular formula is C70H131NO8. The molecule has 9 heteroatoms. The molecule has 0 spiro atoms. The second kappa shape index (κ2) is 59.3. The first-order valence-electron chi connectivity index (χ1n) is 34.3. The SMILES string of the molecule is CC/C=C\C/C=C\C/C=C\C/C=C\CCCCCCCCCCCCCCCCCCCCCCCCCCCCCCC(=O)NC(COC1OC(CO)C(O)C(O)C1O)C(O)CCCCCCCCCCCCCCCCC. The number of ether oxygens (including phenoxy) is 2. The lowest BCUT2D eigenvalue weighted by molar-refractivity contribution is -0.302. The standard InChI is InChI=1S/C70H131NO8/c1-3-5-7-9-11-13-15-17-19-20-21-22-23-24-25-26-27-28-29-30-31-32-33-34-35-36-37-38-39-40-41-42-43-44-46-48-50-52-54-56-58-60-66(74)71-63(62-78-70-69(77)68(76)67(75)65(61-72)79-70)64(73)59-57-55-53-51-49-47-45-18-16-14-12-10-8-6-4-2/h5,7,11,13,17,19,21-22,63-65,67-70,72-73,75-77H,3-4,6,8-10,12,14-16,18,20,23-62H2,1-2H3,(H,71,74)/b7-5-,13-11-,19-17-,22-21-. The van der Waals surface area contributed by atoms with Crippen molar-refractivity contribution in [2.45, 2.75) is 378 Å². The Hall–Kier alpha value is -1.85. The van der Waals surface area contributed by atoms with Crippen LogP contribution in [0.15, 0.2) is 48.6 Å². The summed E-state index contributed by atoms with van der Waals surface area (Å²) in [5, 5.41) is 54.8. The molecule has 0 bridgehead atoms. The number of hydrogen-bond acceptors (Lipinski definition) is 8. The van der Waals surface area contributed by atoms with Gasteiger partial charge in [-0.1, -0.05) is 326 Å². The van der Waals surface area contributed by atoms with Crippen LogP contribution >= 0.6 is 0 Å². The number of aliphatic hydroxyl groups excluding tert-OH is 5. The van der Waals surface area contributed by atoms with Gasteiger partial charge in [-0.3, -0.25) is 4.79 Å². The monoisotopic (exact) mass is 1110 g/mol. The van der Waals surface area contributed by atoms with Crippen LogP contribution in [-0.2, 0) is 14.3 Å². The largest absolute Gasteiger partial charge is 0.394 e. The maximum atomic E-state index is 13.1. The molecule has 0 aliphatic carbocycles. The summed E-state index contributed by atoms with van der Waals surface area (Å²) in [6.07, 6.45) is 73.4. The number of carbonyl (C=O) groups excluding carboxylic acids is 1. The summed E-state index contributed by atoms with van der Waals surface area (Å²) in [7, 11) is 0. The molecule has 7 atom stereocenters. The zero-order valence-corrected chi connectivity index (χ0v) is 51.9. The van der Waals surface area contributed by atoms with Gasteiger partial charge in [0.2, 0.25) is 5.91 Å². The number of rotatable bonds is 60. The fourth-order valence-corrected chi connectivity index (χ4v) is 11.1. The van der Waals surface area contributed by atoms with Gasteiger partial charge in [-0.25, -0.2) is 0 Å². The first-order chi connectivity index (χ1) is 38.8. The first-order valence-corrected chi connectivity index (χ1v) is 34.3. The lowest BCUT2D eigenvalue weighted by Gasteiger charge is -2.40. The van der Waals surface area contributed by atoms with Crippen LogP contribution < -0.4 is 5.32 Å². The van der Waals surface area contributed by atoms with Crippen molar-refractivity contribution in [1.29, 1.82) is 0 Å². The van der Waals surface area contributed by atoms with E-state index in [9.17, 15) is 30.3 Å². The van der Waals surface area contributed by atoms with E-state index in [1.54, 1.807) is 0 Å². The Morgan fingerprint density at radius 2 is 0.785 bits per heavy atom. The van der Waals surface area contributed by atoms with E-state index >= 15 is 0 Å². The van der Waals surface area contributed by atoms with E-state index in [0.717, 1.165) is 64.2 Å². The van der Waals surface area contributed by atoms with Crippen LogP contribution in [0.3, 0.4) is 0 Å². The quantitative estimate of drug-likeness (QED) is 0.0261. The van der Waals surface area contributed by atoms with E-state index in [0.29, 0.717) is 12.8 Å².